The average Bonchev–Trinajstić information content (AvgIpc) is 2.82. The van der Waals surface area contributed by atoms with Crippen molar-refractivity contribution in [1.82, 2.24) is 14.1 Å². The predicted octanol–water partition coefficient (Wildman–Crippen LogP) is 0.157. The molecule has 0 bridgehead atoms. The van der Waals surface area contributed by atoms with Crippen molar-refractivity contribution in [3.05, 3.63) is 24.3 Å². The molecule has 3 aliphatic rings. The molecule has 4 rings (SSSR count). The SMILES string of the molecule is COc1cccc(S(=O)(=O)N2C[C@@H](O)COC[C@@H]3O[C@H](CC(=O)N4CCN(C)CC4)CC[C@H]32)c1. The van der Waals surface area contributed by atoms with E-state index in [1.54, 1.807) is 12.1 Å². The Balaban J connectivity index is 1.49. The molecule has 3 fully saturated rings. The first-order chi connectivity index (χ1) is 16.3. The van der Waals surface area contributed by atoms with E-state index in [2.05, 4.69) is 4.90 Å². The summed E-state index contributed by atoms with van der Waals surface area (Å²) in [5.41, 5.74) is 0. The number of piperazine rings is 1. The van der Waals surface area contributed by atoms with Crippen molar-refractivity contribution in [2.24, 2.45) is 0 Å². The average molecular weight is 498 g/mol. The number of β-amino-alcohol motifs (C(OH)–C–C–N with tert-alkyl or cyclic N) is 1. The number of nitrogens with zero attached hydrogens (tertiary/aromatic N) is 3. The van der Waals surface area contributed by atoms with Gasteiger partial charge >= 0.3 is 0 Å². The number of hydrogen-bond acceptors (Lipinski definition) is 8. The van der Waals surface area contributed by atoms with E-state index in [1.165, 1.54) is 23.5 Å². The molecule has 0 radical (unpaired) electrons. The number of amides is 1. The molecule has 0 saturated carbocycles. The summed E-state index contributed by atoms with van der Waals surface area (Å²) < 4.78 is 45.6. The molecule has 3 heterocycles. The van der Waals surface area contributed by atoms with Crippen molar-refractivity contribution in [2.75, 3.05) is 60.1 Å². The molecule has 1 N–H and O–H groups in total. The van der Waals surface area contributed by atoms with Crippen molar-refractivity contribution < 1.29 is 32.5 Å². The van der Waals surface area contributed by atoms with Gasteiger partial charge in [0.05, 0.1) is 56.0 Å². The van der Waals surface area contributed by atoms with E-state index in [4.69, 9.17) is 14.2 Å². The number of fused-ring (bicyclic) bond motifs is 1. The van der Waals surface area contributed by atoms with Crippen LogP contribution in [0.1, 0.15) is 19.3 Å². The number of likely N-dealkylation sites (N-methyl/N-ethyl adjacent to an activating group) is 1. The van der Waals surface area contributed by atoms with E-state index in [1.807, 2.05) is 11.9 Å². The van der Waals surface area contributed by atoms with E-state index in [0.29, 0.717) is 31.7 Å². The van der Waals surface area contributed by atoms with Crippen LogP contribution in [0.15, 0.2) is 29.2 Å². The number of benzene rings is 1. The van der Waals surface area contributed by atoms with Crippen LogP contribution in [0.5, 0.6) is 5.75 Å². The highest BCUT2D eigenvalue weighted by Gasteiger charge is 2.43. The minimum Gasteiger partial charge on any atom is -0.497 e. The highest BCUT2D eigenvalue weighted by Crippen LogP contribution is 2.32. The van der Waals surface area contributed by atoms with Crippen molar-refractivity contribution >= 4 is 15.9 Å². The Morgan fingerprint density at radius 2 is 1.94 bits per heavy atom. The number of sulfonamides is 1. The summed E-state index contributed by atoms with van der Waals surface area (Å²) in [4.78, 5) is 17.0. The van der Waals surface area contributed by atoms with Crippen LogP contribution in [0.3, 0.4) is 0 Å². The Hall–Kier alpha value is -1.76. The third-order valence-electron chi connectivity index (χ3n) is 6.84. The maximum atomic E-state index is 13.6. The molecule has 190 valence electrons. The number of hydrogen-bond donors (Lipinski definition) is 1. The van der Waals surface area contributed by atoms with Gasteiger partial charge in [-0.2, -0.15) is 4.31 Å². The van der Waals surface area contributed by atoms with Crippen LogP contribution in [0.2, 0.25) is 0 Å². The Bertz CT molecular complexity index is 952. The van der Waals surface area contributed by atoms with Gasteiger partial charge in [0, 0.05) is 38.8 Å². The van der Waals surface area contributed by atoms with Crippen molar-refractivity contribution in [1.29, 1.82) is 0 Å². The largest absolute Gasteiger partial charge is 0.497 e. The Kier molecular flexibility index (Phi) is 8.11. The van der Waals surface area contributed by atoms with Gasteiger partial charge in [0.25, 0.3) is 0 Å². The number of carbonyl (C=O) groups is 1. The summed E-state index contributed by atoms with van der Waals surface area (Å²) >= 11 is 0. The summed E-state index contributed by atoms with van der Waals surface area (Å²) in [6.45, 7) is 3.22. The van der Waals surface area contributed by atoms with Crippen LogP contribution in [-0.4, -0.2) is 118 Å². The second-order valence-electron chi connectivity index (χ2n) is 9.27. The van der Waals surface area contributed by atoms with E-state index >= 15 is 0 Å². The van der Waals surface area contributed by atoms with Gasteiger partial charge < -0.3 is 29.1 Å². The topological polar surface area (TPSA) is 109 Å². The number of aliphatic hydroxyl groups excluding tert-OH is 1. The Labute approximate surface area is 201 Å². The quantitative estimate of drug-likeness (QED) is 0.613. The lowest BCUT2D eigenvalue weighted by atomic mass is 9.96. The van der Waals surface area contributed by atoms with E-state index in [9.17, 15) is 18.3 Å². The molecule has 4 atom stereocenters. The molecule has 1 aromatic carbocycles. The number of rotatable bonds is 5. The first-order valence-electron chi connectivity index (χ1n) is 11.8. The Morgan fingerprint density at radius 1 is 1.18 bits per heavy atom. The van der Waals surface area contributed by atoms with E-state index in [-0.39, 0.29) is 43.1 Å². The monoisotopic (exact) mass is 497 g/mol. The fourth-order valence-corrected chi connectivity index (χ4v) is 6.60. The number of ether oxygens (including phenoxy) is 3. The lowest BCUT2D eigenvalue weighted by Gasteiger charge is -2.44. The van der Waals surface area contributed by atoms with Crippen LogP contribution in [0, 0.1) is 0 Å². The number of methoxy groups -OCH3 is 1. The lowest BCUT2D eigenvalue weighted by molar-refractivity contribution is -0.152. The molecule has 10 nitrogen and oxygen atoms in total. The minimum atomic E-state index is -3.92. The van der Waals surface area contributed by atoms with Crippen molar-refractivity contribution in [3.63, 3.8) is 0 Å². The van der Waals surface area contributed by atoms with Gasteiger partial charge in [-0.15, -0.1) is 0 Å². The molecule has 34 heavy (non-hydrogen) atoms. The smallest absolute Gasteiger partial charge is 0.243 e. The predicted molar refractivity (Wildman–Crippen MR) is 124 cm³/mol. The summed E-state index contributed by atoms with van der Waals surface area (Å²) in [7, 11) is -0.394. The zero-order valence-electron chi connectivity index (χ0n) is 19.8. The van der Waals surface area contributed by atoms with Gasteiger partial charge in [0.2, 0.25) is 15.9 Å². The lowest BCUT2D eigenvalue weighted by Crippen LogP contribution is -2.57. The van der Waals surface area contributed by atoms with Gasteiger partial charge in [-0.25, -0.2) is 8.42 Å². The van der Waals surface area contributed by atoms with Gasteiger partial charge in [-0.1, -0.05) is 6.07 Å². The minimum absolute atomic E-state index is 0.0155. The molecule has 1 amide bonds. The molecule has 3 aliphatic heterocycles. The van der Waals surface area contributed by atoms with Gasteiger partial charge in [0.1, 0.15) is 5.75 Å². The fourth-order valence-electron chi connectivity index (χ4n) is 4.85. The van der Waals surface area contributed by atoms with E-state index < -0.39 is 28.3 Å². The maximum absolute atomic E-state index is 13.6. The van der Waals surface area contributed by atoms with Crippen LogP contribution in [0.4, 0.5) is 0 Å². The normalized spacial score (nSPS) is 29.7. The summed E-state index contributed by atoms with van der Waals surface area (Å²) in [5.74, 6) is 0.510. The third kappa shape index (κ3) is 5.72. The number of aliphatic hydroxyl groups is 1. The molecular formula is C23H35N3O7S. The molecule has 0 aromatic heterocycles. The summed E-state index contributed by atoms with van der Waals surface area (Å²) in [6.07, 6.45) is -0.406. The van der Waals surface area contributed by atoms with Crippen LogP contribution in [0.25, 0.3) is 0 Å². The first kappa shape index (κ1) is 25.3. The van der Waals surface area contributed by atoms with Crippen LogP contribution >= 0.6 is 0 Å². The molecule has 0 aliphatic carbocycles. The number of carbonyl (C=O) groups excluding carboxylic acids is 1. The molecule has 3 saturated heterocycles. The molecular weight excluding hydrogens is 462 g/mol. The molecule has 1 aromatic rings. The third-order valence-corrected chi connectivity index (χ3v) is 8.73. The fraction of sp³-hybridized carbons (Fsp3) is 0.696. The second-order valence-corrected chi connectivity index (χ2v) is 11.2. The highest BCUT2D eigenvalue weighted by atomic mass is 32.2. The van der Waals surface area contributed by atoms with Crippen molar-refractivity contribution in [2.45, 2.75) is 48.5 Å². The first-order valence-corrected chi connectivity index (χ1v) is 13.3. The molecule has 0 spiro atoms. The van der Waals surface area contributed by atoms with Crippen LogP contribution in [-0.2, 0) is 24.3 Å². The van der Waals surface area contributed by atoms with Crippen molar-refractivity contribution in [3.8, 4) is 5.75 Å². The molecule has 11 heteroatoms. The Morgan fingerprint density at radius 3 is 2.68 bits per heavy atom. The van der Waals surface area contributed by atoms with Gasteiger partial charge in [-0.05, 0) is 32.0 Å². The van der Waals surface area contributed by atoms with Gasteiger partial charge in [-0.3, -0.25) is 4.79 Å². The summed E-state index contributed by atoms with van der Waals surface area (Å²) in [6, 6.07) is 5.82. The van der Waals surface area contributed by atoms with E-state index in [0.717, 1.165) is 13.1 Å². The summed E-state index contributed by atoms with van der Waals surface area (Å²) in [5, 5.41) is 10.4. The molecule has 0 unspecified atom stereocenters. The maximum Gasteiger partial charge on any atom is 0.243 e. The van der Waals surface area contributed by atoms with Gasteiger partial charge in [0.15, 0.2) is 0 Å². The zero-order chi connectivity index (χ0) is 24.3. The second kappa shape index (κ2) is 10.9. The standard InChI is InChI=1S/C23H35N3O7S/c1-24-8-10-25(11-9-24)23(28)13-19-6-7-21-22(33-19)16-32-15-17(27)14-26(21)34(29,30)20-5-3-4-18(12-20)31-2/h3-5,12,17,19,21-22,27H,6-11,13-16H2,1-2H3/t17-,19+,21-,22+/m1/s1. The van der Waals surface area contributed by atoms with Crippen LogP contribution < -0.4 is 4.74 Å². The zero-order valence-corrected chi connectivity index (χ0v) is 20.7. The highest BCUT2D eigenvalue weighted by molar-refractivity contribution is 7.89.